The summed E-state index contributed by atoms with van der Waals surface area (Å²) >= 11 is 9.50. The molecule has 1 heterocycles. The van der Waals surface area contributed by atoms with Crippen LogP contribution in [0.4, 0.5) is 0 Å². The van der Waals surface area contributed by atoms with E-state index in [1.807, 2.05) is 55.6 Å². The summed E-state index contributed by atoms with van der Waals surface area (Å²) in [7, 11) is 1.59. The molecule has 0 unspecified atom stereocenters. The monoisotopic (exact) mass is 447 g/mol. The predicted octanol–water partition coefficient (Wildman–Crippen LogP) is 4.12. The van der Waals surface area contributed by atoms with E-state index in [-0.39, 0.29) is 5.69 Å². The van der Waals surface area contributed by atoms with Crippen LogP contribution < -0.4 is 5.69 Å². The van der Waals surface area contributed by atoms with Gasteiger partial charge in [-0.15, -0.1) is 11.8 Å². The summed E-state index contributed by atoms with van der Waals surface area (Å²) in [4.78, 5) is 17.0. The number of aryl methyl sites for hydroxylation is 2. The summed E-state index contributed by atoms with van der Waals surface area (Å²) in [5.74, 6) is 0.691. The van der Waals surface area contributed by atoms with Gasteiger partial charge in [0.15, 0.2) is 0 Å². The largest absolute Gasteiger partial charge is 0.368 e. The molecule has 0 saturated heterocycles. The molecule has 9 heteroatoms. The molecular formula is C20H22ClN5OS2. The van der Waals surface area contributed by atoms with Crippen molar-refractivity contribution in [2.24, 2.45) is 12.0 Å². The third kappa shape index (κ3) is 5.32. The highest BCUT2D eigenvalue weighted by molar-refractivity contribution is 8.38. The number of tetrazole rings is 1. The van der Waals surface area contributed by atoms with Gasteiger partial charge in [0.25, 0.3) is 0 Å². The third-order valence-corrected chi connectivity index (χ3v) is 6.94. The fraction of sp³-hybridized carbons (Fsp3) is 0.300. The Bertz CT molecular complexity index is 1080. The van der Waals surface area contributed by atoms with Crippen LogP contribution in [0, 0.1) is 6.92 Å². The smallest absolute Gasteiger partial charge is 0.271 e. The number of rotatable bonds is 6. The van der Waals surface area contributed by atoms with Crippen molar-refractivity contribution in [2.45, 2.75) is 19.1 Å². The van der Waals surface area contributed by atoms with Gasteiger partial charge in [-0.25, -0.2) is 4.79 Å². The van der Waals surface area contributed by atoms with Crippen molar-refractivity contribution in [2.75, 3.05) is 12.8 Å². The molecule has 3 rings (SSSR count). The maximum atomic E-state index is 12.3. The standard InChI is InChI=1S/C20H22ClN5OS2/c1-14-7-6-10-18(26-20(27)25(2)23-24-26)16(14)13-29-19(28-3)22-12-11-15-8-4-5-9-17(15)21/h4-10H,11-13H2,1-3H3/b22-19-. The lowest BCUT2D eigenvalue weighted by Crippen LogP contribution is -2.23. The second-order valence-electron chi connectivity index (χ2n) is 6.35. The van der Waals surface area contributed by atoms with Gasteiger partial charge in [0.2, 0.25) is 0 Å². The molecule has 29 heavy (non-hydrogen) atoms. The zero-order valence-electron chi connectivity index (χ0n) is 16.5. The van der Waals surface area contributed by atoms with Crippen LogP contribution >= 0.6 is 35.1 Å². The molecule has 0 aliphatic carbocycles. The molecule has 0 radical (unpaired) electrons. The first kappa shape index (κ1) is 21.7. The predicted molar refractivity (Wildman–Crippen MR) is 124 cm³/mol. The molecule has 0 fully saturated rings. The Labute approximate surface area is 183 Å². The number of hydrogen-bond acceptors (Lipinski definition) is 6. The van der Waals surface area contributed by atoms with Gasteiger partial charge in [0.05, 0.1) is 5.69 Å². The molecule has 2 aromatic carbocycles. The van der Waals surface area contributed by atoms with Gasteiger partial charge in [-0.2, -0.15) is 9.36 Å². The molecule has 0 aliphatic rings. The summed E-state index contributed by atoms with van der Waals surface area (Å²) < 4.78 is 3.57. The molecule has 152 valence electrons. The van der Waals surface area contributed by atoms with Crippen molar-refractivity contribution in [1.29, 1.82) is 0 Å². The van der Waals surface area contributed by atoms with Crippen LogP contribution in [-0.4, -0.2) is 37.0 Å². The molecule has 0 aliphatic heterocycles. The van der Waals surface area contributed by atoms with E-state index in [1.165, 1.54) is 9.36 Å². The lowest BCUT2D eigenvalue weighted by Gasteiger charge is -2.11. The molecule has 3 aromatic rings. The molecule has 1 aromatic heterocycles. The minimum Gasteiger partial charge on any atom is -0.271 e. The number of thioether (sulfide) groups is 2. The average Bonchev–Trinajstić information content (AvgIpc) is 3.05. The molecular weight excluding hydrogens is 426 g/mol. The van der Waals surface area contributed by atoms with Crippen molar-refractivity contribution in [1.82, 2.24) is 19.8 Å². The van der Waals surface area contributed by atoms with E-state index in [0.29, 0.717) is 12.3 Å². The van der Waals surface area contributed by atoms with Crippen LogP contribution in [0.15, 0.2) is 52.3 Å². The molecule has 0 atom stereocenters. The van der Waals surface area contributed by atoms with E-state index >= 15 is 0 Å². The second kappa shape index (κ2) is 10.1. The highest BCUT2D eigenvalue weighted by Crippen LogP contribution is 2.26. The minimum atomic E-state index is -0.264. The first-order valence-electron chi connectivity index (χ1n) is 9.03. The van der Waals surface area contributed by atoms with Crippen molar-refractivity contribution in [3.05, 3.63) is 74.7 Å². The number of nitrogens with zero attached hydrogens (tertiary/aromatic N) is 5. The first-order chi connectivity index (χ1) is 14.0. The van der Waals surface area contributed by atoms with Crippen LogP contribution in [0.3, 0.4) is 0 Å². The Kier molecular flexibility index (Phi) is 7.57. The van der Waals surface area contributed by atoms with Crippen molar-refractivity contribution in [3.63, 3.8) is 0 Å². The van der Waals surface area contributed by atoms with Gasteiger partial charge in [0, 0.05) is 24.4 Å². The third-order valence-electron chi connectivity index (χ3n) is 4.43. The lowest BCUT2D eigenvalue weighted by atomic mass is 10.1. The number of halogens is 1. The van der Waals surface area contributed by atoms with Crippen LogP contribution in [0.2, 0.25) is 5.02 Å². The summed E-state index contributed by atoms with van der Waals surface area (Å²) in [5.41, 5.74) is 3.75. The minimum absolute atomic E-state index is 0.264. The van der Waals surface area contributed by atoms with Gasteiger partial charge in [-0.05, 0) is 58.9 Å². The number of aromatic nitrogens is 4. The van der Waals surface area contributed by atoms with Crippen LogP contribution in [0.25, 0.3) is 5.69 Å². The maximum Gasteiger partial charge on any atom is 0.368 e. The zero-order valence-corrected chi connectivity index (χ0v) is 18.9. The van der Waals surface area contributed by atoms with Crippen LogP contribution in [0.1, 0.15) is 16.7 Å². The van der Waals surface area contributed by atoms with E-state index in [9.17, 15) is 4.79 Å². The summed E-state index contributed by atoms with van der Waals surface area (Å²) in [6.45, 7) is 2.71. The molecule has 0 N–H and O–H groups in total. The van der Waals surface area contributed by atoms with Gasteiger partial charge < -0.3 is 0 Å². The Morgan fingerprint density at radius 1 is 1.17 bits per heavy atom. The fourth-order valence-electron chi connectivity index (χ4n) is 2.81. The lowest BCUT2D eigenvalue weighted by molar-refractivity contribution is 0.692. The zero-order chi connectivity index (χ0) is 20.8. The Hall–Kier alpha value is -2.03. The normalized spacial score (nSPS) is 11.8. The van der Waals surface area contributed by atoms with Crippen molar-refractivity contribution < 1.29 is 0 Å². The number of hydrogen-bond donors (Lipinski definition) is 0. The topological polar surface area (TPSA) is 65.1 Å². The van der Waals surface area contributed by atoms with Crippen molar-refractivity contribution >= 4 is 39.5 Å². The highest BCUT2D eigenvalue weighted by atomic mass is 35.5. The summed E-state index contributed by atoms with van der Waals surface area (Å²) in [5, 5.41) is 8.59. The molecule has 0 saturated carbocycles. The SMILES string of the molecule is CS/C(=N/CCc1ccccc1Cl)SCc1c(C)cccc1-n1nnn(C)c1=O. The number of benzene rings is 2. The van der Waals surface area contributed by atoms with E-state index in [1.54, 1.807) is 30.6 Å². The average molecular weight is 448 g/mol. The Morgan fingerprint density at radius 2 is 1.97 bits per heavy atom. The summed E-state index contributed by atoms with van der Waals surface area (Å²) in [6.07, 6.45) is 2.82. The highest BCUT2D eigenvalue weighted by Gasteiger charge is 2.14. The van der Waals surface area contributed by atoms with Gasteiger partial charge in [-0.3, -0.25) is 4.99 Å². The Morgan fingerprint density at radius 3 is 2.66 bits per heavy atom. The van der Waals surface area contributed by atoms with E-state index in [4.69, 9.17) is 16.6 Å². The van der Waals surface area contributed by atoms with Gasteiger partial charge >= 0.3 is 5.69 Å². The van der Waals surface area contributed by atoms with E-state index in [0.717, 1.165) is 38.2 Å². The van der Waals surface area contributed by atoms with Crippen molar-refractivity contribution in [3.8, 4) is 5.69 Å². The van der Waals surface area contributed by atoms with Crippen LogP contribution in [-0.2, 0) is 19.2 Å². The summed E-state index contributed by atoms with van der Waals surface area (Å²) in [6, 6.07) is 13.7. The molecule has 0 bridgehead atoms. The van der Waals surface area contributed by atoms with E-state index < -0.39 is 0 Å². The quantitative estimate of drug-likeness (QED) is 0.420. The first-order valence-corrected chi connectivity index (χ1v) is 11.6. The number of aliphatic imine (C=N–C) groups is 1. The van der Waals surface area contributed by atoms with Crippen LogP contribution in [0.5, 0.6) is 0 Å². The van der Waals surface area contributed by atoms with Gasteiger partial charge in [0.1, 0.15) is 4.38 Å². The second-order valence-corrected chi connectivity index (χ2v) is 8.78. The Balaban J connectivity index is 1.73. The molecule has 0 amide bonds. The van der Waals surface area contributed by atoms with E-state index in [2.05, 4.69) is 10.4 Å². The maximum absolute atomic E-state index is 12.3. The van der Waals surface area contributed by atoms with Gasteiger partial charge in [-0.1, -0.05) is 53.7 Å². The molecule has 0 spiro atoms. The molecule has 6 nitrogen and oxygen atoms in total. The fourth-order valence-corrected chi connectivity index (χ4v) is 4.73.